The Kier molecular flexibility index (Phi) is 8.41. The highest BCUT2D eigenvalue weighted by Crippen LogP contribution is 2.23. The Morgan fingerprint density at radius 2 is 1.64 bits per heavy atom. The molecule has 0 radical (unpaired) electrons. The Bertz CT molecular complexity index is 1060. The van der Waals surface area contributed by atoms with E-state index in [4.69, 9.17) is 9.47 Å². The lowest BCUT2D eigenvalue weighted by Crippen LogP contribution is -2.36. The number of guanidine groups is 1. The lowest BCUT2D eigenvalue weighted by molar-refractivity contribution is 0.0976. The van der Waals surface area contributed by atoms with E-state index < -0.39 is 0 Å². The summed E-state index contributed by atoms with van der Waals surface area (Å²) in [6.45, 7) is 4.76. The fraction of sp³-hybridized carbons (Fsp3) is 0.269. The number of nitrogens with one attached hydrogen (secondary N) is 2. The van der Waals surface area contributed by atoms with E-state index in [0.717, 1.165) is 17.7 Å². The number of amides is 1. The quantitative estimate of drug-likeness (QED) is 0.375. The molecular formula is C26H30N4O3. The molecule has 0 aliphatic rings. The first-order valence-corrected chi connectivity index (χ1v) is 10.9. The number of ether oxygens (including phenoxy) is 2. The normalized spacial score (nSPS) is 12.1. The molecule has 3 rings (SSSR count). The summed E-state index contributed by atoms with van der Waals surface area (Å²) in [5, 5.41) is 6.11. The SMILES string of the molecule is CC[C@@H](C)c1ccc(NC(=NCc2ccncc2)NC(=O)c2cc(OC)cc(OC)c2)cc1. The second-order valence-corrected chi connectivity index (χ2v) is 7.63. The summed E-state index contributed by atoms with van der Waals surface area (Å²) < 4.78 is 10.6. The minimum absolute atomic E-state index is 0.329. The molecule has 0 bridgehead atoms. The number of nitrogens with zero attached hydrogens (tertiary/aromatic N) is 2. The van der Waals surface area contributed by atoms with E-state index in [9.17, 15) is 4.79 Å². The Labute approximate surface area is 194 Å². The van der Waals surface area contributed by atoms with Gasteiger partial charge >= 0.3 is 0 Å². The third kappa shape index (κ3) is 6.80. The third-order valence-electron chi connectivity index (χ3n) is 5.37. The minimum atomic E-state index is -0.329. The molecule has 1 atom stereocenters. The molecule has 0 saturated carbocycles. The Morgan fingerprint density at radius 3 is 2.21 bits per heavy atom. The summed E-state index contributed by atoms with van der Waals surface area (Å²) in [6, 6.07) is 16.9. The summed E-state index contributed by atoms with van der Waals surface area (Å²) in [4.78, 5) is 21.7. The average molecular weight is 447 g/mol. The van der Waals surface area contributed by atoms with Gasteiger partial charge in [0.2, 0.25) is 5.96 Å². The zero-order chi connectivity index (χ0) is 23.6. The van der Waals surface area contributed by atoms with E-state index in [-0.39, 0.29) is 5.91 Å². The van der Waals surface area contributed by atoms with Crippen LogP contribution >= 0.6 is 0 Å². The van der Waals surface area contributed by atoms with E-state index in [0.29, 0.717) is 35.5 Å². The number of hydrogen-bond donors (Lipinski definition) is 2. The van der Waals surface area contributed by atoms with Gasteiger partial charge in [0.05, 0.1) is 20.8 Å². The maximum atomic E-state index is 13.0. The van der Waals surface area contributed by atoms with Crippen molar-refractivity contribution < 1.29 is 14.3 Å². The number of aromatic nitrogens is 1. The topological polar surface area (TPSA) is 84.8 Å². The number of carbonyl (C=O) groups excluding carboxylic acids is 1. The molecule has 33 heavy (non-hydrogen) atoms. The van der Waals surface area contributed by atoms with E-state index >= 15 is 0 Å². The van der Waals surface area contributed by atoms with E-state index in [1.807, 2.05) is 24.3 Å². The van der Waals surface area contributed by atoms with Gasteiger partial charge < -0.3 is 14.8 Å². The Morgan fingerprint density at radius 1 is 1.00 bits per heavy atom. The zero-order valence-corrected chi connectivity index (χ0v) is 19.5. The molecule has 3 aromatic rings. The van der Waals surface area contributed by atoms with E-state index in [1.54, 1.807) is 44.8 Å². The first-order valence-electron chi connectivity index (χ1n) is 10.9. The van der Waals surface area contributed by atoms with Crippen LogP contribution in [0.2, 0.25) is 0 Å². The molecule has 7 nitrogen and oxygen atoms in total. The molecule has 0 aliphatic heterocycles. The van der Waals surface area contributed by atoms with Gasteiger partial charge in [-0.25, -0.2) is 4.99 Å². The fourth-order valence-corrected chi connectivity index (χ4v) is 3.15. The highest BCUT2D eigenvalue weighted by molar-refractivity contribution is 6.10. The van der Waals surface area contributed by atoms with Gasteiger partial charge in [0.25, 0.3) is 5.91 Å². The van der Waals surface area contributed by atoms with E-state index in [2.05, 4.69) is 46.6 Å². The van der Waals surface area contributed by atoms with Crippen LogP contribution in [0.4, 0.5) is 5.69 Å². The molecule has 2 aromatic carbocycles. The molecule has 172 valence electrons. The van der Waals surface area contributed by atoms with Crippen LogP contribution in [-0.2, 0) is 6.54 Å². The van der Waals surface area contributed by atoms with Crippen LogP contribution in [0.5, 0.6) is 11.5 Å². The van der Waals surface area contributed by atoms with Gasteiger partial charge in [0.15, 0.2) is 0 Å². The minimum Gasteiger partial charge on any atom is -0.497 e. The zero-order valence-electron chi connectivity index (χ0n) is 19.5. The van der Waals surface area contributed by atoms with Crippen molar-refractivity contribution in [2.24, 2.45) is 4.99 Å². The number of carbonyl (C=O) groups is 1. The number of anilines is 1. The van der Waals surface area contributed by atoms with Gasteiger partial charge in [-0.3, -0.25) is 15.1 Å². The number of aliphatic imine (C=N–C) groups is 1. The van der Waals surface area contributed by atoms with Crippen LogP contribution in [-0.4, -0.2) is 31.1 Å². The van der Waals surface area contributed by atoms with Crippen LogP contribution in [0.25, 0.3) is 0 Å². The molecule has 7 heteroatoms. The number of pyridine rings is 1. The molecular weight excluding hydrogens is 416 g/mol. The largest absolute Gasteiger partial charge is 0.497 e. The van der Waals surface area contributed by atoms with Gasteiger partial charge in [0.1, 0.15) is 11.5 Å². The van der Waals surface area contributed by atoms with Crippen molar-refractivity contribution in [2.45, 2.75) is 32.7 Å². The highest BCUT2D eigenvalue weighted by atomic mass is 16.5. The second-order valence-electron chi connectivity index (χ2n) is 7.63. The van der Waals surface area contributed by atoms with Crippen molar-refractivity contribution in [3.05, 3.63) is 83.7 Å². The van der Waals surface area contributed by atoms with Crippen molar-refractivity contribution >= 4 is 17.6 Å². The van der Waals surface area contributed by atoms with Gasteiger partial charge in [0, 0.05) is 29.7 Å². The predicted octanol–water partition coefficient (Wildman–Crippen LogP) is 5.01. The molecule has 0 unspecified atom stereocenters. The standard InChI is InChI=1S/C26H30N4O3/c1-5-18(2)20-6-8-22(9-7-20)29-26(28-17-19-10-12-27-13-11-19)30-25(31)21-14-23(32-3)16-24(15-21)33-4/h6-16,18H,5,17H2,1-4H3,(H2,28,29,30,31)/t18-/m1/s1. The monoisotopic (exact) mass is 446 g/mol. The summed E-state index contributed by atoms with van der Waals surface area (Å²) in [6.07, 6.45) is 4.50. The Balaban J connectivity index is 1.83. The van der Waals surface area contributed by atoms with Gasteiger partial charge in [-0.1, -0.05) is 26.0 Å². The molecule has 1 aromatic heterocycles. The molecule has 0 aliphatic carbocycles. The summed E-state index contributed by atoms with van der Waals surface area (Å²) in [5.41, 5.74) is 3.48. The summed E-state index contributed by atoms with van der Waals surface area (Å²) in [5.74, 6) is 1.56. The van der Waals surface area contributed by atoms with Crippen LogP contribution < -0.4 is 20.1 Å². The maximum Gasteiger partial charge on any atom is 0.258 e. The lowest BCUT2D eigenvalue weighted by Gasteiger charge is -2.14. The van der Waals surface area contributed by atoms with Crippen LogP contribution in [0, 0.1) is 0 Å². The first kappa shape index (κ1) is 23.8. The third-order valence-corrected chi connectivity index (χ3v) is 5.37. The second kappa shape index (κ2) is 11.7. The van der Waals surface area contributed by atoms with Gasteiger partial charge in [-0.05, 0) is 59.9 Å². The van der Waals surface area contributed by atoms with Crippen LogP contribution in [0.15, 0.2) is 72.0 Å². The number of methoxy groups -OCH3 is 2. The van der Waals surface area contributed by atoms with Crippen molar-refractivity contribution in [2.75, 3.05) is 19.5 Å². The number of benzene rings is 2. The molecule has 0 saturated heterocycles. The number of rotatable bonds is 8. The van der Waals surface area contributed by atoms with Crippen molar-refractivity contribution in [1.82, 2.24) is 10.3 Å². The Hall–Kier alpha value is -3.87. The smallest absolute Gasteiger partial charge is 0.258 e. The molecule has 0 spiro atoms. The summed E-state index contributed by atoms with van der Waals surface area (Å²) >= 11 is 0. The van der Waals surface area contributed by atoms with Crippen LogP contribution in [0.3, 0.4) is 0 Å². The van der Waals surface area contributed by atoms with E-state index in [1.165, 1.54) is 5.56 Å². The highest BCUT2D eigenvalue weighted by Gasteiger charge is 2.13. The molecule has 1 amide bonds. The van der Waals surface area contributed by atoms with Crippen molar-refractivity contribution in [3.8, 4) is 11.5 Å². The van der Waals surface area contributed by atoms with Crippen molar-refractivity contribution in [3.63, 3.8) is 0 Å². The van der Waals surface area contributed by atoms with Gasteiger partial charge in [-0.15, -0.1) is 0 Å². The molecule has 0 fully saturated rings. The molecule has 2 N–H and O–H groups in total. The number of hydrogen-bond acceptors (Lipinski definition) is 5. The molecule has 1 heterocycles. The average Bonchev–Trinajstić information content (AvgIpc) is 2.87. The fourth-order valence-electron chi connectivity index (χ4n) is 3.15. The van der Waals surface area contributed by atoms with Gasteiger partial charge in [-0.2, -0.15) is 0 Å². The maximum absolute atomic E-state index is 13.0. The van der Waals surface area contributed by atoms with Crippen LogP contribution in [0.1, 0.15) is 47.7 Å². The van der Waals surface area contributed by atoms with Crippen molar-refractivity contribution in [1.29, 1.82) is 0 Å². The summed E-state index contributed by atoms with van der Waals surface area (Å²) in [7, 11) is 3.09. The predicted molar refractivity (Wildman–Crippen MR) is 131 cm³/mol. The first-order chi connectivity index (χ1) is 16.0. The lowest BCUT2D eigenvalue weighted by atomic mass is 9.99.